The zero-order valence-corrected chi connectivity index (χ0v) is 15.8. The average Bonchev–Trinajstić information content (AvgIpc) is 2.52. The molecule has 1 amide bonds. The van der Waals surface area contributed by atoms with Gasteiger partial charge in [-0.05, 0) is 45.5 Å². The maximum Gasteiger partial charge on any atom is 0.222 e. The molecule has 0 N–H and O–H groups in total. The number of carbonyl (C=O) groups is 1. The molecular formula is C18H26BrNO3. The molecule has 0 spiro atoms. The van der Waals surface area contributed by atoms with Gasteiger partial charge >= 0.3 is 0 Å². The first-order chi connectivity index (χ1) is 10.9. The fourth-order valence-corrected chi connectivity index (χ4v) is 2.95. The minimum Gasteiger partial charge on any atom is -0.492 e. The summed E-state index contributed by atoms with van der Waals surface area (Å²) >= 11 is 3.57. The van der Waals surface area contributed by atoms with Crippen LogP contribution in [0.25, 0.3) is 0 Å². The van der Waals surface area contributed by atoms with E-state index in [0.717, 1.165) is 16.6 Å². The van der Waals surface area contributed by atoms with Crippen molar-refractivity contribution >= 4 is 21.8 Å². The Bertz CT molecular complexity index is 534. The van der Waals surface area contributed by atoms with Crippen LogP contribution in [0.4, 0.5) is 0 Å². The van der Waals surface area contributed by atoms with Gasteiger partial charge in [0.1, 0.15) is 5.75 Å². The molecule has 0 aliphatic carbocycles. The molecule has 1 aliphatic heterocycles. The quantitative estimate of drug-likeness (QED) is 0.726. The number of benzene rings is 1. The molecule has 23 heavy (non-hydrogen) atoms. The summed E-state index contributed by atoms with van der Waals surface area (Å²) in [4.78, 5) is 13.9. The van der Waals surface area contributed by atoms with Crippen molar-refractivity contribution in [3.8, 4) is 5.75 Å². The molecule has 0 aromatic heterocycles. The highest BCUT2D eigenvalue weighted by Gasteiger charge is 2.17. The summed E-state index contributed by atoms with van der Waals surface area (Å²) < 4.78 is 12.0. The van der Waals surface area contributed by atoms with Gasteiger partial charge in [0.25, 0.3) is 0 Å². The Kier molecular flexibility index (Phi) is 6.48. The van der Waals surface area contributed by atoms with Crippen molar-refractivity contribution in [2.75, 3.05) is 32.9 Å². The third-order valence-electron chi connectivity index (χ3n) is 3.95. The van der Waals surface area contributed by atoms with E-state index in [1.54, 1.807) is 0 Å². The molecule has 1 aliphatic rings. The molecule has 0 unspecified atom stereocenters. The molecule has 4 nitrogen and oxygen atoms in total. The van der Waals surface area contributed by atoms with E-state index in [-0.39, 0.29) is 11.3 Å². The second kappa shape index (κ2) is 8.15. The highest BCUT2D eigenvalue weighted by molar-refractivity contribution is 9.10. The van der Waals surface area contributed by atoms with Gasteiger partial charge in [-0.2, -0.15) is 0 Å². The van der Waals surface area contributed by atoms with Crippen molar-refractivity contribution in [2.24, 2.45) is 0 Å². The highest BCUT2D eigenvalue weighted by Crippen LogP contribution is 2.31. The van der Waals surface area contributed by atoms with Crippen LogP contribution in [-0.2, 0) is 14.9 Å². The number of carbonyl (C=O) groups excluding carboxylic acids is 1. The van der Waals surface area contributed by atoms with Crippen LogP contribution in [0.2, 0.25) is 0 Å². The molecule has 0 saturated carbocycles. The van der Waals surface area contributed by atoms with E-state index in [1.165, 1.54) is 5.56 Å². The second-order valence-corrected chi connectivity index (χ2v) is 7.69. The highest BCUT2D eigenvalue weighted by atomic mass is 79.9. The van der Waals surface area contributed by atoms with Crippen molar-refractivity contribution in [3.05, 3.63) is 28.2 Å². The summed E-state index contributed by atoms with van der Waals surface area (Å²) in [5, 5.41) is 0. The predicted molar refractivity (Wildman–Crippen MR) is 95.0 cm³/mol. The Morgan fingerprint density at radius 1 is 1.30 bits per heavy atom. The number of morpholine rings is 1. The van der Waals surface area contributed by atoms with Gasteiger partial charge in [0.15, 0.2) is 0 Å². The molecule has 5 heteroatoms. The maximum absolute atomic E-state index is 12.0. The zero-order chi connectivity index (χ0) is 16.9. The smallest absolute Gasteiger partial charge is 0.222 e. The Balaban J connectivity index is 1.77. The van der Waals surface area contributed by atoms with Crippen LogP contribution < -0.4 is 4.74 Å². The summed E-state index contributed by atoms with van der Waals surface area (Å²) in [6.45, 7) is 9.82. The number of ether oxygens (including phenoxy) is 2. The van der Waals surface area contributed by atoms with Crippen LogP contribution in [0.15, 0.2) is 22.7 Å². The molecule has 0 radical (unpaired) electrons. The fourth-order valence-electron chi connectivity index (χ4n) is 2.46. The zero-order valence-electron chi connectivity index (χ0n) is 14.2. The number of rotatable bonds is 5. The van der Waals surface area contributed by atoms with Crippen molar-refractivity contribution in [3.63, 3.8) is 0 Å². The topological polar surface area (TPSA) is 38.8 Å². The van der Waals surface area contributed by atoms with Crippen LogP contribution in [0.3, 0.4) is 0 Å². The second-order valence-electron chi connectivity index (χ2n) is 6.84. The molecule has 2 rings (SSSR count). The summed E-state index contributed by atoms with van der Waals surface area (Å²) in [6.07, 6.45) is 1.25. The first-order valence-corrected chi connectivity index (χ1v) is 8.95. The standard InChI is InChI=1S/C18H26BrNO3/c1-18(2,3)14-6-7-16(15(19)13-14)23-10-4-5-17(21)20-8-11-22-12-9-20/h6-7,13H,4-5,8-12H2,1-3H3. The SMILES string of the molecule is CC(C)(C)c1ccc(OCCCC(=O)N2CCOCC2)c(Br)c1. The lowest BCUT2D eigenvalue weighted by Crippen LogP contribution is -2.40. The van der Waals surface area contributed by atoms with Crippen LogP contribution in [-0.4, -0.2) is 43.7 Å². The largest absolute Gasteiger partial charge is 0.492 e. The van der Waals surface area contributed by atoms with Gasteiger partial charge in [-0.1, -0.05) is 26.8 Å². The first-order valence-electron chi connectivity index (χ1n) is 8.16. The van der Waals surface area contributed by atoms with Crippen molar-refractivity contribution < 1.29 is 14.3 Å². The fraction of sp³-hybridized carbons (Fsp3) is 0.611. The Hall–Kier alpha value is -1.07. The Morgan fingerprint density at radius 2 is 2.00 bits per heavy atom. The third kappa shape index (κ3) is 5.50. The van der Waals surface area contributed by atoms with Gasteiger partial charge in [-0.15, -0.1) is 0 Å². The lowest BCUT2D eigenvalue weighted by atomic mass is 9.87. The van der Waals surface area contributed by atoms with E-state index in [9.17, 15) is 4.79 Å². The molecule has 1 aromatic carbocycles. The number of amides is 1. The lowest BCUT2D eigenvalue weighted by Gasteiger charge is -2.26. The first kappa shape index (κ1) is 18.3. The van der Waals surface area contributed by atoms with Crippen LogP contribution in [0.1, 0.15) is 39.2 Å². The van der Waals surface area contributed by atoms with E-state index >= 15 is 0 Å². The predicted octanol–water partition coefficient (Wildman–Crippen LogP) is 3.76. The number of hydrogen-bond donors (Lipinski definition) is 0. The third-order valence-corrected chi connectivity index (χ3v) is 4.57. The van der Waals surface area contributed by atoms with Crippen molar-refractivity contribution in [1.29, 1.82) is 0 Å². The van der Waals surface area contributed by atoms with E-state index in [2.05, 4.69) is 48.8 Å². The van der Waals surface area contributed by atoms with Gasteiger partial charge in [0, 0.05) is 19.5 Å². The van der Waals surface area contributed by atoms with Crippen molar-refractivity contribution in [2.45, 2.75) is 39.0 Å². The molecule has 0 atom stereocenters. The molecule has 1 heterocycles. The number of nitrogens with zero attached hydrogens (tertiary/aromatic N) is 1. The molecular weight excluding hydrogens is 358 g/mol. The number of hydrogen-bond acceptors (Lipinski definition) is 3. The van der Waals surface area contributed by atoms with Gasteiger partial charge in [0.2, 0.25) is 5.91 Å². The maximum atomic E-state index is 12.0. The van der Waals surface area contributed by atoms with Crippen LogP contribution in [0.5, 0.6) is 5.75 Å². The van der Waals surface area contributed by atoms with Gasteiger partial charge in [0.05, 0.1) is 24.3 Å². The summed E-state index contributed by atoms with van der Waals surface area (Å²) in [5.41, 5.74) is 1.38. The van der Waals surface area contributed by atoms with Crippen molar-refractivity contribution in [1.82, 2.24) is 4.90 Å². The minimum absolute atomic E-state index is 0.117. The monoisotopic (exact) mass is 383 g/mol. The van der Waals surface area contributed by atoms with Crippen LogP contribution in [0, 0.1) is 0 Å². The summed E-state index contributed by atoms with van der Waals surface area (Å²) in [5.74, 6) is 1.02. The van der Waals surface area contributed by atoms with Gasteiger partial charge < -0.3 is 14.4 Å². The van der Waals surface area contributed by atoms with E-state index < -0.39 is 0 Å². The Morgan fingerprint density at radius 3 is 2.61 bits per heavy atom. The molecule has 128 valence electrons. The van der Waals surface area contributed by atoms with E-state index in [0.29, 0.717) is 39.3 Å². The number of halogens is 1. The van der Waals surface area contributed by atoms with E-state index in [4.69, 9.17) is 9.47 Å². The Labute approximate surface area is 147 Å². The molecule has 1 saturated heterocycles. The summed E-state index contributed by atoms with van der Waals surface area (Å²) in [6, 6.07) is 6.20. The van der Waals surface area contributed by atoms with Gasteiger partial charge in [-0.25, -0.2) is 0 Å². The van der Waals surface area contributed by atoms with Crippen LogP contribution >= 0.6 is 15.9 Å². The molecule has 1 fully saturated rings. The molecule has 0 bridgehead atoms. The summed E-state index contributed by atoms with van der Waals surface area (Å²) in [7, 11) is 0. The lowest BCUT2D eigenvalue weighted by molar-refractivity contribution is -0.135. The van der Waals surface area contributed by atoms with E-state index in [1.807, 2.05) is 11.0 Å². The molecule has 1 aromatic rings. The van der Waals surface area contributed by atoms with Gasteiger partial charge in [-0.3, -0.25) is 4.79 Å². The normalized spacial score (nSPS) is 15.6. The average molecular weight is 384 g/mol. The minimum atomic E-state index is 0.117.